The van der Waals surface area contributed by atoms with Crippen molar-refractivity contribution in [2.45, 2.75) is 40.0 Å². The molecule has 0 unspecified atom stereocenters. The lowest BCUT2D eigenvalue weighted by atomic mass is 10.5. The first-order valence-electron chi connectivity index (χ1n) is 6.40. The minimum Gasteiger partial charge on any atom is -0.370 e. The summed E-state index contributed by atoms with van der Waals surface area (Å²) in [5.41, 5.74) is 0. The van der Waals surface area contributed by atoms with E-state index in [1.807, 2.05) is 0 Å². The van der Waals surface area contributed by atoms with Gasteiger partial charge in [-0.1, -0.05) is 40.0 Å². The molecular weight excluding hydrogens is 232 g/mol. The Morgan fingerprint density at radius 1 is 0.941 bits per heavy atom. The Hall–Kier alpha value is -0.423. The van der Waals surface area contributed by atoms with Gasteiger partial charge in [0.25, 0.3) is 0 Å². The van der Waals surface area contributed by atoms with Gasteiger partial charge in [0, 0.05) is 25.0 Å². The molecule has 0 aliphatic rings. The van der Waals surface area contributed by atoms with Gasteiger partial charge in [-0.15, -0.1) is 0 Å². The molecule has 0 radical (unpaired) electrons. The molecular formula is C13H26O3Si. The van der Waals surface area contributed by atoms with Crippen LogP contribution < -0.4 is 0 Å². The maximum absolute atomic E-state index is 5.86. The average molecular weight is 258 g/mol. The third-order valence-electron chi connectivity index (χ3n) is 2.13. The molecule has 0 bridgehead atoms. The quantitative estimate of drug-likeness (QED) is 0.419. The van der Waals surface area contributed by atoms with Crippen LogP contribution in [0.4, 0.5) is 0 Å². The van der Waals surface area contributed by atoms with Crippen molar-refractivity contribution >= 4 is 8.80 Å². The number of hydrogen-bond acceptors (Lipinski definition) is 3. The van der Waals surface area contributed by atoms with Gasteiger partial charge in [0.05, 0.1) is 0 Å². The molecule has 0 atom stereocenters. The van der Waals surface area contributed by atoms with Gasteiger partial charge in [0.15, 0.2) is 0 Å². The monoisotopic (exact) mass is 258 g/mol. The first kappa shape index (κ1) is 16.6. The second kappa shape index (κ2) is 9.59. The maximum Gasteiger partial charge on any atom is 0.536 e. The molecule has 0 aliphatic carbocycles. The van der Waals surface area contributed by atoms with Crippen LogP contribution in [0.25, 0.3) is 0 Å². The van der Waals surface area contributed by atoms with Crippen LogP contribution in [0.2, 0.25) is 0 Å². The Bertz CT molecular complexity index is 207. The van der Waals surface area contributed by atoms with E-state index in [0.717, 1.165) is 24.5 Å². The van der Waals surface area contributed by atoms with Crippen LogP contribution in [0.5, 0.6) is 0 Å². The second-order valence-corrected chi connectivity index (χ2v) is 6.45. The molecule has 0 heterocycles. The highest BCUT2D eigenvalue weighted by Crippen LogP contribution is 2.20. The molecule has 4 heteroatoms. The highest BCUT2D eigenvalue weighted by Gasteiger charge is 2.43. The zero-order chi connectivity index (χ0) is 13.1. The first-order valence-corrected chi connectivity index (χ1v) is 8.12. The molecule has 0 N–H and O–H groups in total. The van der Waals surface area contributed by atoms with E-state index in [1.165, 1.54) is 0 Å². The molecule has 0 aromatic heterocycles. The molecule has 0 spiro atoms. The van der Waals surface area contributed by atoms with E-state index in [1.54, 1.807) is 6.08 Å². The van der Waals surface area contributed by atoms with Crippen molar-refractivity contribution < 1.29 is 13.3 Å². The van der Waals surface area contributed by atoms with Crippen molar-refractivity contribution in [3.63, 3.8) is 0 Å². The van der Waals surface area contributed by atoms with E-state index in [9.17, 15) is 0 Å². The van der Waals surface area contributed by atoms with Crippen LogP contribution in [0.15, 0.2) is 24.4 Å². The van der Waals surface area contributed by atoms with E-state index < -0.39 is 8.80 Å². The van der Waals surface area contributed by atoms with Crippen molar-refractivity contribution in [1.29, 1.82) is 0 Å². The third kappa shape index (κ3) is 5.63. The van der Waals surface area contributed by atoms with Gasteiger partial charge in [0.2, 0.25) is 0 Å². The van der Waals surface area contributed by atoms with Crippen molar-refractivity contribution in [3.05, 3.63) is 24.4 Å². The van der Waals surface area contributed by atoms with Crippen LogP contribution >= 0.6 is 0 Å². The Labute approximate surface area is 107 Å². The average Bonchev–Trinajstić information content (AvgIpc) is 2.37. The fraction of sp³-hybridized carbons (Fsp3) is 0.692. The lowest BCUT2D eigenvalue weighted by molar-refractivity contribution is 0.0694. The summed E-state index contributed by atoms with van der Waals surface area (Å²) in [7, 11) is -2.77. The van der Waals surface area contributed by atoms with E-state index in [2.05, 4.69) is 33.9 Å². The Morgan fingerprint density at radius 2 is 1.29 bits per heavy atom. The summed E-state index contributed by atoms with van der Waals surface area (Å²) in [6, 6.07) is 0. The molecule has 0 rings (SSSR count). The third-order valence-corrected chi connectivity index (χ3v) is 4.87. The van der Waals surface area contributed by atoms with Gasteiger partial charge in [-0.05, 0) is 19.3 Å². The maximum atomic E-state index is 5.86. The molecule has 0 aliphatic heterocycles. The van der Waals surface area contributed by atoms with Crippen LogP contribution in [0.3, 0.4) is 0 Å². The summed E-state index contributed by atoms with van der Waals surface area (Å²) >= 11 is 0. The SMILES string of the molecule is C=CC(=C)[Si](OCCC)(OCCC)OCCC. The summed E-state index contributed by atoms with van der Waals surface area (Å²) in [5.74, 6) is 0. The van der Waals surface area contributed by atoms with Gasteiger partial charge < -0.3 is 13.3 Å². The summed E-state index contributed by atoms with van der Waals surface area (Å²) in [6.45, 7) is 15.8. The van der Waals surface area contributed by atoms with Gasteiger partial charge in [-0.2, -0.15) is 0 Å². The standard InChI is InChI=1S/C13H26O3Si/c1-6-10-14-17(13(5)9-4,15-11-7-2)16-12-8-3/h9H,4-8,10-12H2,1-3H3. The van der Waals surface area contributed by atoms with Crippen molar-refractivity contribution in [2.75, 3.05) is 19.8 Å². The normalized spacial score (nSPS) is 11.5. The molecule has 0 aromatic rings. The minimum absolute atomic E-state index is 0.631. The van der Waals surface area contributed by atoms with Crippen molar-refractivity contribution in [2.24, 2.45) is 0 Å². The molecule has 17 heavy (non-hydrogen) atoms. The Morgan fingerprint density at radius 3 is 1.53 bits per heavy atom. The van der Waals surface area contributed by atoms with E-state index >= 15 is 0 Å². The smallest absolute Gasteiger partial charge is 0.370 e. The van der Waals surface area contributed by atoms with Crippen LogP contribution in [0, 0.1) is 0 Å². The number of allylic oxidation sites excluding steroid dienone is 2. The lowest BCUT2D eigenvalue weighted by Gasteiger charge is -2.29. The van der Waals surface area contributed by atoms with Gasteiger partial charge in [0.1, 0.15) is 0 Å². The number of rotatable bonds is 11. The Balaban J connectivity index is 4.76. The predicted octanol–water partition coefficient (Wildman–Crippen LogP) is 3.49. The second-order valence-electron chi connectivity index (χ2n) is 3.83. The minimum atomic E-state index is -2.77. The van der Waals surface area contributed by atoms with Crippen molar-refractivity contribution in [3.8, 4) is 0 Å². The lowest BCUT2D eigenvalue weighted by Crippen LogP contribution is -2.48. The Kier molecular flexibility index (Phi) is 9.35. The van der Waals surface area contributed by atoms with Crippen molar-refractivity contribution in [1.82, 2.24) is 0 Å². The fourth-order valence-electron chi connectivity index (χ4n) is 1.24. The molecule has 0 fully saturated rings. The topological polar surface area (TPSA) is 27.7 Å². The van der Waals surface area contributed by atoms with Crippen LogP contribution in [-0.2, 0) is 13.3 Å². The summed E-state index contributed by atoms with van der Waals surface area (Å²) in [6.07, 6.45) is 4.49. The molecule has 0 aromatic carbocycles. The molecule has 0 amide bonds. The summed E-state index contributed by atoms with van der Waals surface area (Å²) in [5, 5.41) is 0.757. The zero-order valence-electron chi connectivity index (χ0n) is 11.5. The van der Waals surface area contributed by atoms with E-state index in [4.69, 9.17) is 13.3 Å². The predicted molar refractivity (Wildman–Crippen MR) is 73.8 cm³/mol. The highest BCUT2D eigenvalue weighted by atomic mass is 28.4. The van der Waals surface area contributed by atoms with Gasteiger partial charge >= 0.3 is 8.80 Å². The molecule has 100 valence electrons. The van der Waals surface area contributed by atoms with Crippen LogP contribution in [0.1, 0.15) is 40.0 Å². The number of hydrogen-bond donors (Lipinski definition) is 0. The molecule has 0 saturated heterocycles. The molecule has 3 nitrogen and oxygen atoms in total. The largest absolute Gasteiger partial charge is 0.536 e. The van der Waals surface area contributed by atoms with E-state index in [0.29, 0.717) is 19.8 Å². The fourth-order valence-corrected chi connectivity index (χ4v) is 3.71. The van der Waals surface area contributed by atoms with E-state index in [-0.39, 0.29) is 0 Å². The molecule has 0 saturated carbocycles. The van der Waals surface area contributed by atoms with Gasteiger partial charge in [-0.3, -0.25) is 0 Å². The van der Waals surface area contributed by atoms with Gasteiger partial charge in [-0.25, -0.2) is 0 Å². The zero-order valence-corrected chi connectivity index (χ0v) is 12.5. The van der Waals surface area contributed by atoms with Crippen LogP contribution in [-0.4, -0.2) is 28.6 Å². The first-order chi connectivity index (χ1) is 8.16. The summed E-state index contributed by atoms with van der Waals surface area (Å²) < 4.78 is 17.6. The highest BCUT2D eigenvalue weighted by molar-refractivity contribution is 6.69. The summed E-state index contributed by atoms with van der Waals surface area (Å²) in [4.78, 5) is 0.